The van der Waals surface area contributed by atoms with E-state index in [0.29, 0.717) is 17.2 Å². The molecule has 0 radical (unpaired) electrons. The second-order valence-corrected chi connectivity index (χ2v) is 8.14. The van der Waals surface area contributed by atoms with Gasteiger partial charge < -0.3 is 10.1 Å². The Kier molecular flexibility index (Phi) is 5.62. The third-order valence-electron chi connectivity index (χ3n) is 4.56. The van der Waals surface area contributed by atoms with Gasteiger partial charge in [0, 0.05) is 27.8 Å². The Labute approximate surface area is 148 Å². The number of hydrogen-bond acceptors (Lipinski definition) is 7. The normalized spacial score (nSPS) is 21.8. The number of aromatic nitrogens is 4. The van der Waals surface area contributed by atoms with Crippen LogP contribution in [0.3, 0.4) is 0 Å². The van der Waals surface area contributed by atoms with Gasteiger partial charge >= 0.3 is 5.97 Å². The molecule has 0 saturated heterocycles. The van der Waals surface area contributed by atoms with Gasteiger partial charge in [-0.05, 0) is 19.3 Å². The third-order valence-corrected chi connectivity index (χ3v) is 6.30. The minimum Gasteiger partial charge on any atom is -0.468 e. The molecule has 0 aromatic carbocycles. The minimum absolute atomic E-state index is 0.0113. The molecule has 2 aromatic rings. The zero-order chi connectivity index (χ0) is 17.8. The van der Waals surface area contributed by atoms with E-state index in [1.165, 1.54) is 18.1 Å². The van der Waals surface area contributed by atoms with Crippen molar-refractivity contribution in [2.45, 2.75) is 50.4 Å². The standard InChI is InChI=1S/C16H23N5O3S/c1-3-25(23)12-6-4-5-11(7-12)20-15-13-8-19-21(9-14(22)24-2)16(13)18-10-17-15/h8,10-12H,3-7,9H2,1-2H3,(H,17,18,20). The zero-order valence-corrected chi connectivity index (χ0v) is 15.3. The molecule has 0 spiro atoms. The lowest BCUT2D eigenvalue weighted by Crippen LogP contribution is -2.33. The molecule has 136 valence electrons. The highest BCUT2D eigenvalue weighted by Gasteiger charge is 2.26. The van der Waals surface area contributed by atoms with Gasteiger partial charge in [-0.1, -0.05) is 13.3 Å². The van der Waals surface area contributed by atoms with Crippen LogP contribution in [0.5, 0.6) is 0 Å². The Morgan fingerprint density at radius 3 is 3.04 bits per heavy atom. The van der Waals surface area contributed by atoms with Crippen molar-refractivity contribution in [2.75, 3.05) is 18.2 Å². The summed E-state index contributed by atoms with van der Waals surface area (Å²) in [5.74, 6) is 1.03. The predicted octanol–water partition coefficient (Wildman–Crippen LogP) is 1.49. The molecule has 2 aromatic heterocycles. The molecule has 1 aliphatic rings. The lowest BCUT2D eigenvalue weighted by molar-refractivity contribution is -0.141. The fourth-order valence-corrected chi connectivity index (χ4v) is 4.60. The molecule has 0 bridgehead atoms. The van der Waals surface area contributed by atoms with Crippen LogP contribution in [0, 0.1) is 0 Å². The van der Waals surface area contributed by atoms with Gasteiger partial charge in [-0.25, -0.2) is 14.6 Å². The smallest absolute Gasteiger partial charge is 0.327 e. The number of methoxy groups -OCH3 is 1. The van der Waals surface area contributed by atoms with Crippen LogP contribution in [-0.2, 0) is 26.9 Å². The molecule has 1 aliphatic carbocycles. The van der Waals surface area contributed by atoms with Crippen LogP contribution >= 0.6 is 0 Å². The summed E-state index contributed by atoms with van der Waals surface area (Å²) in [6.45, 7) is 1.98. The summed E-state index contributed by atoms with van der Waals surface area (Å²) in [6, 6.07) is 0.233. The molecule has 25 heavy (non-hydrogen) atoms. The first kappa shape index (κ1) is 17.8. The van der Waals surface area contributed by atoms with Crippen molar-refractivity contribution < 1.29 is 13.7 Å². The Morgan fingerprint density at radius 2 is 2.28 bits per heavy atom. The number of carbonyl (C=O) groups excluding carboxylic acids is 1. The van der Waals surface area contributed by atoms with Crippen LogP contribution in [0.2, 0.25) is 0 Å². The van der Waals surface area contributed by atoms with Crippen molar-refractivity contribution >= 4 is 33.6 Å². The van der Waals surface area contributed by atoms with Crippen LogP contribution in [0.4, 0.5) is 5.82 Å². The molecule has 1 fully saturated rings. The average Bonchev–Trinajstić information content (AvgIpc) is 3.05. The number of ether oxygens (including phenoxy) is 1. The lowest BCUT2D eigenvalue weighted by atomic mass is 9.95. The van der Waals surface area contributed by atoms with Crippen LogP contribution < -0.4 is 5.32 Å². The summed E-state index contributed by atoms with van der Waals surface area (Å²) in [7, 11) is 0.579. The molecule has 1 N–H and O–H groups in total. The number of fused-ring (bicyclic) bond motifs is 1. The lowest BCUT2D eigenvalue weighted by Gasteiger charge is -2.29. The molecule has 3 rings (SSSR count). The second-order valence-electron chi connectivity index (χ2n) is 6.14. The predicted molar refractivity (Wildman–Crippen MR) is 95.7 cm³/mol. The molecular weight excluding hydrogens is 342 g/mol. The first-order valence-corrected chi connectivity index (χ1v) is 9.87. The number of anilines is 1. The highest BCUT2D eigenvalue weighted by atomic mass is 32.2. The second kappa shape index (κ2) is 7.90. The van der Waals surface area contributed by atoms with Gasteiger partial charge in [0.15, 0.2) is 5.65 Å². The molecule has 2 heterocycles. The van der Waals surface area contributed by atoms with Gasteiger partial charge in [0.1, 0.15) is 18.7 Å². The number of hydrogen-bond donors (Lipinski definition) is 1. The zero-order valence-electron chi connectivity index (χ0n) is 14.5. The quantitative estimate of drug-likeness (QED) is 0.774. The minimum atomic E-state index is -0.764. The van der Waals surface area contributed by atoms with Crippen LogP contribution in [0.25, 0.3) is 11.0 Å². The van der Waals surface area contributed by atoms with Gasteiger partial charge in [0.05, 0.1) is 18.7 Å². The van der Waals surface area contributed by atoms with Crippen molar-refractivity contribution in [3.63, 3.8) is 0 Å². The topological polar surface area (TPSA) is 99.0 Å². The Bertz CT molecular complexity index is 778. The van der Waals surface area contributed by atoms with Crippen LogP contribution in [0.1, 0.15) is 32.6 Å². The molecule has 1 saturated carbocycles. The molecule has 3 atom stereocenters. The number of nitrogens with one attached hydrogen (secondary N) is 1. The summed E-state index contributed by atoms with van der Waals surface area (Å²) in [4.78, 5) is 20.0. The van der Waals surface area contributed by atoms with E-state index < -0.39 is 10.8 Å². The third kappa shape index (κ3) is 3.97. The van der Waals surface area contributed by atoms with Crippen molar-refractivity contribution in [2.24, 2.45) is 0 Å². The molecular formula is C16H23N5O3S. The van der Waals surface area contributed by atoms with E-state index in [1.807, 2.05) is 6.92 Å². The van der Waals surface area contributed by atoms with Gasteiger partial charge in [-0.3, -0.25) is 9.00 Å². The van der Waals surface area contributed by atoms with Gasteiger partial charge in [0.2, 0.25) is 0 Å². The largest absolute Gasteiger partial charge is 0.468 e. The van der Waals surface area contributed by atoms with Gasteiger partial charge in [-0.15, -0.1) is 0 Å². The van der Waals surface area contributed by atoms with Crippen molar-refractivity contribution in [1.29, 1.82) is 0 Å². The number of rotatable bonds is 6. The van der Waals surface area contributed by atoms with Gasteiger partial charge in [-0.2, -0.15) is 5.10 Å². The maximum atomic E-state index is 12.1. The summed E-state index contributed by atoms with van der Waals surface area (Å²) < 4.78 is 18.3. The van der Waals surface area contributed by atoms with Crippen LogP contribution in [0.15, 0.2) is 12.5 Å². The Balaban J connectivity index is 1.77. The highest BCUT2D eigenvalue weighted by Crippen LogP contribution is 2.27. The van der Waals surface area contributed by atoms with Crippen molar-refractivity contribution in [3.8, 4) is 0 Å². The maximum absolute atomic E-state index is 12.1. The molecule has 3 unspecified atom stereocenters. The molecule has 0 amide bonds. The first-order chi connectivity index (χ1) is 12.1. The molecule has 0 aliphatic heterocycles. The van der Waals surface area contributed by atoms with E-state index in [-0.39, 0.29) is 23.8 Å². The number of esters is 1. The number of carbonyl (C=O) groups is 1. The monoisotopic (exact) mass is 365 g/mol. The van der Waals surface area contributed by atoms with E-state index in [1.54, 1.807) is 6.20 Å². The molecule has 8 nitrogen and oxygen atoms in total. The summed E-state index contributed by atoms with van der Waals surface area (Å²) in [5, 5.41) is 8.69. The highest BCUT2D eigenvalue weighted by molar-refractivity contribution is 7.85. The van der Waals surface area contributed by atoms with E-state index in [0.717, 1.165) is 31.1 Å². The average molecular weight is 365 g/mol. The number of nitrogens with zero attached hydrogens (tertiary/aromatic N) is 4. The Hall–Kier alpha value is -2.03. The van der Waals surface area contributed by atoms with Crippen molar-refractivity contribution in [1.82, 2.24) is 19.7 Å². The molecule has 9 heteroatoms. The van der Waals surface area contributed by atoms with E-state index in [9.17, 15) is 9.00 Å². The Morgan fingerprint density at radius 1 is 1.44 bits per heavy atom. The fraction of sp³-hybridized carbons (Fsp3) is 0.625. The summed E-state index contributed by atoms with van der Waals surface area (Å²) >= 11 is 0. The fourth-order valence-electron chi connectivity index (χ4n) is 3.25. The first-order valence-electron chi connectivity index (χ1n) is 8.49. The van der Waals surface area contributed by atoms with Crippen LogP contribution in [-0.4, -0.2) is 54.1 Å². The van der Waals surface area contributed by atoms with Crippen molar-refractivity contribution in [3.05, 3.63) is 12.5 Å². The van der Waals surface area contributed by atoms with E-state index in [2.05, 4.69) is 25.1 Å². The maximum Gasteiger partial charge on any atom is 0.327 e. The van der Waals surface area contributed by atoms with E-state index in [4.69, 9.17) is 0 Å². The van der Waals surface area contributed by atoms with Gasteiger partial charge in [0.25, 0.3) is 0 Å². The SMILES string of the molecule is CCS(=O)C1CCCC(Nc2ncnc3c2cnn3CC(=O)OC)C1. The van der Waals surface area contributed by atoms with E-state index >= 15 is 0 Å². The summed E-state index contributed by atoms with van der Waals surface area (Å²) in [5.41, 5.74) is 0.590. The summed E-state index contributed by atoms with van der Waals surface area (Å²) in [6.07, 6.45) is 7.11.